The summed E-state index contributed by atoms with van der Waals surface area (Å²) >= 11 is 1.34. The minimum Gasteiger partial charge on any atom is -0.333 e. The van der Waals surface area contributed by atoms with E-state index in [2.05, 4.69) is 30.7 Å². The zero-order valence-corrected chi connectivity index (χ0v) is 12.2. The number of nitrogens with one attached hydrogen (secondary N) is 1. The lowest BCUT2D eigenvalue weighted by Gasteiger charge is -2.15. The van der Waals surface area contributed by atoms with Crippen LogP contribution in [0.25, 0.3) is 5.69 Å². The van der Waals surface area contributed by atoms with E-state index in [4.69, 9.17) is 0 Å². The molecule has 3 aromatic heterocycles. The van der Waals surface area contributed by atoms with Crippen LogP contribution in [0.5, 0.6) is 0 Å². The lowest BCUT2D eigenvalue weighted by Crippen LogP contribution is -2.27. The van der Waals surface area contributed by atoms with Crippen molar-refractivity contribution in [2.24, 2.45) is 0 Å². The molecule has 0 saturated carbocycles. The van der Waals surface area contributed by atoms with Crippen molar-refractivity contribution in [3.05, 3.63) is 34.3 Å². The summed E-state index contributed by atoms with van der Waals surface area (Å²) in [7, 11) is 1.71. The third kappa shape index (κ3) is 2.65. The topological polar surface area (TPSA) is 105 Å². The van der Waals surface area contributed by atoms with Crippen LogP contribution in [0.2, 0.25) is 0 Å². The predicted molar refractivity (Wildman–Crippen MR) is 73.9 cm³/mol. The van der Waals surface area contributed by atoms with Gasteiger partial charge in [0.15, 0.2) is 5.82 Å². The molecule has 0 aliphatic carbocycles. The third-order valence-corrected chi connectivity index (χ3v) is 3.69. The summed E-state index contributed by atoms with van der Waals surface area (Å²) in [5, 5.41) is 19.6. The number of H-pyrrole nitrogens is 1. The number of carbonyl (C=O) groups is 1. The summed E-state index contributed by atoms with van der Waals surface area (Å²) in [6.45, 7) is 2.14. The first kappa shape index (κ1) is 13.4. The molecule has 0 radical (unpaired) electrons. The smallest absolute Gasteiger partial charge is 0.266 e. The highest BCUT2D eigenvalue weighted by Gasteiger charge is 2.20. The Morgan fingerprint density at radius 3 is 3.05 bits per heavy atom. The molecule has 0 fully saturated rings. The highest BCUT2D eigenvalue weighted by atomic mass is 32.1. The van der Waals surface area contributed by atoms with Gasteiger partial charge in [0, 0.05) is 7.05 Å². The summed E-state index contributed by atoms with van der Waals surface area (Å²) in [6, 6.07) is 1.80. The monoisotopic (exact) mass is 304 g/mol. The summed E-state index contributed by atoms with van der Waals surface area (Å²) in [6.07, 6.45) is 1.46. The van der Waals surface area contributed by atoms with Crippen LogP contribution in [0.15, 0.2) is 17.8 Å². The van der Waals surface area contributed by atoms with Crippen molar-refractivity contribution in [3.63, 3.8) is 0 Å². The molecule has 0 aromatic carbocycles. The first-order valence-corrected chi connectivity index (χ1v) is 6.97. The molecule has 0 atom stereocenters. The van der Waals surface area contributed by atoms with E-state index in [1.165, 1.54) is 22.3 Å². The molecule has 0 spiro atoms. The lowest BCUT2D eigenvalue weighted by molar-refractivity contribution is 0.0786. The molecule has 3 aromatic rings. The number of aryl methyl sites for hydroxylation is 1. The fourth-order valence-corrected chi connectivity index (χ4v) is 2.70. The van der Waals surface area contributed by atoms with Crippen molar-refractivity contribution < 1.29 is 4.79 Å². The lowest BCUT2D eigenvalue weighted by atomic mass is 10.3. The van der Waals surface area contributed by atoms with Crippen LogP contribution < -0.4 is 0 Å². The predicted octanol–water partition coefficient (Wildman–Crippen LogP) is 0.423. The fraction of sp³-hybridized carbons (Fsp3) is 0.273. The molecule has 3 heterocycles. The number of nitrogens with zero attached hydrogens (tertiary/aromatic N) is 7. The van der Waals surface area contributed by atoms with Crippen LogP contribution in [-0.2, 0) is 6.54 Å². The minimum absolute atomic E-state index is 0.127. The van der Waals surface area contributed by atoms with Gasteiger partial charge in [-0.3, -0.25) is 9.89 Å². The Morgan fingerprint density at radius 1 is 1.52 bits per heavy atom. The molecule has 1 N–H and O–H groups in total. The maximum absolute atomic E-state index is 12.5. The molecule has 9 nitrogen and oxygen atoms in total. The Balaban J connectivity index is 1.81. The van der Waals surface area contributed by atoms with Crippen LogP contribution in [0.4, 0.5) is 0 Å². The molecule has 0 unspecified atom stereocenters. The van der Waals surface area contributed by atoms with E-state index in [0.717, 1.165) is 5.82 Å². The first-order valence-electron chi connectivity index (χ1n) is 6.09. The van der Waals surface area contributed by atoms with Crippen LogP contribution >= 0.6 is 11.3 Å². The fourth-order valence-electron chi connectivity index (χ4n) is 1.83. The molecule has 10 heteroatoms. The number of aromatic nitrogens is 7. The van der Waals surface area contributed by atoms with E-state index in [1.54, 1.807) is 18.0 Å². The molecule has 0 aliphatic rings. The van der Waals surface area contributed by atoms with E-state index in [1.807, 2.05) is 12.3 Å². The maximum atomic E-state index is 12.5. The van der Waals surface area contributed by atoms with Crippen LogP contribution in [-0.4, -0.2) is 53.2 Å². The Kier molecular flexibility index (Phi) is 3.44. The van der Waals surface area contributed by atoms with Crippen molar-refractivity contribution in [3.8, 4) is 5.69 Å². The van der Waals surface area contributed by atoms with Crippen molar-refractivity contribution in [1.29, 1.82) is 0 Å². The minimum atomic E-state index is -0.127. The zero-order chi connectivity index (χ0) is 14.8. The maximum Gasteiger partial charge on any atom is 0.266 e. The van der Waals surface area contributed by atoms with Gasteiger partial charge in [-0.25, -0.2) is 4.98 Å². The Bertz CT molecular complexity index is 746. The Labute approximate surface area is 123 Å². The first-order chi connectivity index (χ1) is 10.1. The summed E-state index contributed by atoms with van der Waals surface area (Å²) in [4.78, 5) is 18.8. The quantitative estimate of drug-likeness (QED) is 0.749. The number of tetrazole rings is 1. The largest absolute Gasteiger partial charge is 0.333 e. The number of thiophene rings is 1. The van der Waals surface area contributed by atoms with Gasteiger partial charge in [-0.05, 0) is 28.8 Å². The Hall–Kier alpha value is -2.62. The van der Waals surface area contributed by atoms with E-state index < -0.39 is 0 Å². The van der Waals surface area contributed by atoms with Crippen LogP contribution in [0.1, 0.15) is 21.3 Å². The van der Waals surface area contributed by atoms with E-state index >= 15 is 0 Å². The number of hydrogen-bond acceptors (Lipinski definition) is 7. The van der Waals surface area contributed by atoms with Crippen molar-refractivity contribution in [1.82, 2.24) is 40.3 Å². The van der Waals surface area contributed by atoms with Crippen molar-refractivity contribution in [2.75, 3.05) is 7.05 Å². The van der Waals surface area contributed by atoms with Crippen molar-refractivity contribution in [2.45, 2.75) is 13.5 Å². The molecule has 108 valence electrons. The number of aromatic amines is 1. The van der Waals surface area contributed by atoms with E-state index in [0.29, 0.717) is 22.9 Å². The Morgan fingerprint density at radius 2 is 2.38 bits per heavy atom. The van der Waals surface area contributed by atoms with Gasteiger partial charge in [0.05, 0.1) is 12.2 Å². The highest BCUT2D eigenvalue weighted by molar-refractivity contribution is 7.12. The van der Waals surface area contributed by atoms with Gasteiger partial charge in [0.2, 0.25) is 0 Å². The average molecular weight is 304 g/mol. The average Bonchev–Trinajstić information content (AvgIpc) is 3.18. The standard InChI is InChI=1S/C11H12N8OS/c1-7-13-9(15-14-7)5-18(2)11(20)10-8(3-4-21-10)19-6-12-16-17-19/h3-4,6H,5H2,1-2H3,(H,13,14,15). The SMILES string of the molecule is Cc1nc(CN(C)C(=O)c2sccc2-n2cnnn2)n[nH]1. The van der Waals surface area contributed by atoms with Crippen molar-refractivity contribution >= 4 is 17.2 Å². The van der Waals surface area contributed by atoms with Gasteiger partial charge >= 0.3 is 0 Å². The van der Waals surface area contributed by atoms with Gasteiger partial charge in [-0.2, -0.15) is 9.78 Å². The van der Waals surface area contributed by atoms with Gasteiger partial charge in [-0.1, -0.05) is 0 Å². The second-order valence-corrected chi connectivity index (χ2v) is 5.30. The van der Waals surface area contributed by atoms with Crippen LogP contribution in [0.3, 0.4) is 0 Å². The molecule has 21 heavy (non-hydrogen) atoms. The molecule has 1 amide bonds. The van der Waals surface area contributed by atoms with E-state index in [9.17, 15) is 4.79 Å². The molecular weight excluding hydrogens is 292 g/mol. The molecule has 3 rings (SSSR count). The normalized spacial score (nSPS) is 10.8. The zero-order valence-electron chi connectivity index (χ0n) is 11.4. The summed E-state index contributed by atoms with van der Waals surface area (Å²) in [5.41, 5.74) is 0.660. The molecule has 0 bridgehead atoms. The van der Waals surface area contributed by atoms with E-state index in [-0.39, 0.29) is 5.91 Å². The highest BCUT2D eigenvalue weighted by Crippen LogP contribution is 2.21. The second kappa shape index (κ2) is 5.40. The van der Waals surface area contributed by atoms with Gasteiger partial charge in [0.25, 0.3) is 5.91 Å². The number of hydrogen-bond donors (Lipinski definition) is 1. The van der Waals surface area contributed by atoms with Gasteiger partial charge in [0.1, 0.15) is 17.0 Å². The van der Waals surface area contributed by atoms with Gasteiger partial charge in [-0.15, -0.1) is 16.4 Å². The second-order valence-electron chi connectivity index (χ2n) is 4.39. The number of amides is 1. The van der Waals surface area contributed by atoms with Gasteiger partial charge < -0.3 is 4.90 Å². The number of carbonyl (C=O) groups excluding carboxylic acids is 1. The summed E-state index contributed by atoms with van der Waals surface area (Å²) in [5.74, 6) is 1.16. The van der Waals surface area contributed by atoms with Crippen LogP contribution in [0, 0.1) is 6.92 Å². The molecular formula is C11H12N8OS. The molecule has 0 saturated heterocycles. The molecule has 0 aliphatic heterocycles. The number of rotatable bonds is 4. The third-order valence-electron chi connectivity index (χ3n) is 2.80. The summed E-state index contributed by atoms with van der Waals surface area (Å²) < 4.78 is 1.47.